The third-order valence-electron chi connectivity index (χ3n) is 10.0. The van der Waals surface area contributed by atoms with Gasteiger partial charge in [-0.2, -0.15) is 0 Å². The fourth-order valence-corrected chi connectivity index (χ4v) is 7.73. The molecular weight excluding hydrogens is 603 g/mol. The van der Waals surface area contributed by atoms with Crippen LogP contribution in [0, 0.1) is 0 Å². The first-order valence-corrected chi connectivity index (χ1v) is 17.4. The Morgan fingerprint density at radius 1 is 0.260 bits per heavy atom. The van der Waals surface area contributed by atoms with Crippen molar-refractivity contribution in [1.29, 1.82) is 0 Å². The first-order valence-electron chi connectivity index (χ1n) is 17.4. The van der Waals surface area contributed by atoms with Crippen molar-refractivity contribution >= 4 is 16.5 Å². The average molecular weight is 642 g/mol. The third kappa shape index (κ3) is 6.11. The normalized spacial score (nSPS) is 11.4. The second-order valence-corrected chi connectivity index (χ2v) is 13.0. The minimum Gasteiger partial charge on any atom is -0.398 e. The summed E-state index contributed by atoms with van der Waals surface area (Å²) in [5.41, 5.74) is 19.3. The van der Waals surface area contributed by atoms with Gasteiger partial charge in [-0.3, -0.25) is 0 Å². The summed E-state index contributed by atoms with van der Waals surface area (Å²) in [5, 5.41) is 2.26. The molecule has 1 heteroatoms. The molecule has 0 unspecified atom stereocenters. The van der Waals surface area contributed by atoms with Crippen molar-refractivity contribution in [2.75, 3.05) is 5.73 Å². The average Bonchev–Trinajstić information content (AvgIpc) is 3.19. The number of hydrogen-bond donors (Lipinski definition) is 1. The van der Waals surface area contributed by atoms with E-state index in [-0.39, 0.29) is 17.8 Å². The molecule has 0 saturated heterocycles. The van der Waals surface area contributed by atoms with Crippen LogP contribution >= 0.6 is 0 Å². The van der Waals surface area contributed by atoms with Crippen LogP contribution in [-0.2, 0) is 0 Å². The number of nitrogen functional groups attached to an aromatic ring is 1. The molecule has 0 fully saturated rings. The van der Waals surface area contributed by atoms with E-state index in [0.717, 1.165) is 16.6 Å². The van der Waals surface area contributed by atoms with E-state index in [1.54, 1.807) is 0 Å². The Morgan fingerprint density at radius 2 is 0.580 bits per heavy atom. The van der Waals surface area contributed by atoms with Crippen molar-refractivity contribution in [2.45, 2.75) is 17.8 Å². The SMILES string of the molecule is Nc1c(C(c2ccccc2)c2ccccc2)cc(C(c2ccccc2)c2ccccc2)c2ccc(C(c3ccccc3)c3ccccc3)cc12. The van der Waals surface area contributed by atoms with Gasteiger partial charge in [0.15, 0.2) is 0 Å². The molecule has 0 aromatic heterocycles. The lowest BCUT2D eigenvalue weighted by molar-refractivity contribution is 0.950. The molecule has 0 aliphatic carbocycles. The van der Waals surface area contributed by atoms with E-state index in [4.69, 9.17) is 5.73 Å². The Morgan fingerprint density at radius 3 is 0.940 bits per heavy atom. The predicted molar refractivity (Wildman–Crippen MR) is 210 cm³/mol. The summed E-state index contributed by atoms with van der Waals surface area (Å²) >= 11 is 0. The number of benzene rings is 8. The van der Waals surface area contributed by atoms with E-state index >= 15 is 0 Å². The van der Waals surface area contributed by atoms with E-state index in [1.807, 2.05) is 0 Å². The van der Waals surface area contributed by atoms with Crippen LogP contribution in [0.1, 0.15) is 67.8 Å². The molecule has 0 aliphatic heterocycles. The van der Waals surface area contributed by atoms with Crippen LogP contribution < -0.4 is 5.73 Å². The Labute approximate surface area is 295 Å². The molecule has 8 aromatic rings. The van der Waals surface area contributed by atoms with Gasteiger partial charge in [-0.1, -0.05) is 200 Å². The lowest BCUT2D eigenvalue weighted by Gasteiger charge is -2.27. The maximum absolute atomic E-state index is 7.49. The van der Waals surface area contributed by atoms with Gasteiger partial charge >= 0.3 is 0 Å². The summed E-state index contributed by atoms with van der Waals surface area (Å²) in [6, 6.07) is 74.4. The third-order valence-corrected chi connectivity index (χ3v) is 10.0. The minimum absolute atomic E-state index is 0.0105. The van der Waals surface area contributed by atoms with Gasteiger partial charge < -0.3 is 5.73 Å². The number of nitrogens with two attached hydrogens (primary N) is 1. The maximum atomic E-state index is 7.49. The zero-order valence-corrected chi connectivity index (χ0v) is 27.9. The lowest BCUT2D eigenvalue weighted by Crippen LogP contribution is -2.12. The molecule has 0 amide bonds. The quantitative estimate of drug-likeness (QED) is 0.123. The van der Waals surface area contributed by atoms with Crippen LogP contribution in [0.2, 0.25) is 0 Å². The van der Waals surface area contributed by atoms with E-state index < -0.39 is 0 Å². The van der Waals surface area contributed by atoms with Crippen molar-refractivity contribution in [1.82, 2.24) is 0 Å². The van der Waals surface area contributed by atoms with Crippen molar-refractivity contribution in [2.24, 2.45) is 0 Å². The highest BCUT2D eigenvalue weighted by atomic mass is 14.6. The second-order valence-electron chi connectivity index (χ2n) is 13.0. The van der Waals surface area contributed by atoms with Gasteiger partial charge in [0.05, 0.1) is 0 Å². The van der Waals surface area contributed by atoms with Crippen molar-refractivity contribution in [3.8, 4) is 0 Å². The lowest BCUT2D eigenvalue weighted by atomic mass is 9.76. The largest absolute Gasteiger partial charge is 0.398 e. The summed E-state index contributed by atoms with van der Waals surface area (Å²) in [6.07, 6.45) is 0. The van der Waals surface area contributed by atoms with Crippen LogP contribution in [0.15, 0.2) is 206 Å². The molecule has 2 N–H and O–H groups in total. The molecule has 8 aromatic carbocycles. The summed E-state index contributed by atoms with van der Waals surface area (Å²) in [6.45, 7) is 0. The fraction of sp³-hybridized carbons (Fsp3) is 0.0612. The minimum atomic E-state index is -0.0459. The molecule has 0 heterocycles. The monoisotopic (exact) mass is 641 g/mol. The highest BCUT2D eigenvalue weighted by molar-refractivity contribution is 5.99. The Bertz CT molecular complexity index is 2180. The van der Waals surface area contributed by atoms with E-state index in [2.05, 4.69) is 206 Å². The molecule has 0 atom stereocenters. The van der Waals surface area contributed by atoms with Crippen LogP contribution in [-0.4, -0.2) is 0 Å². The smallest absolute Gasteiger partial charge is 0.0436 e. The Balaban J connectivity index is 1.45. The maximum Gasteiger partial charge on any atom is 0.0436 e. The van der Waals surface area contributed by atoms with E-state index in [1.165, 1.54) is 49.9 Å². The Hall–Kier alpha value is -6.18. The topological polar surface area (TPSA) is 26.0 Å². The molecule has 0 aliphatic rings. The summed E-state index contributed by atoms with van der Waals surface area (Å²) < 4.78 is 0. The number of rotatable bonds is 9. The molecule has 0 saturated carbocycles. The molecule has 240 valence electrons. The van der Waals surface area contributed by atoms with Crippen LogP contribution in [0.3, 0.4) is 0 Å². The zero-order valence-electron chi connectivity index (χ0n) is 27.9. The van der Waals surface area contributed by atoms with E-state index in [9.17, 15) is 0 Å². The van der Waals surface area contributed by atoms with Crippen LogP contribution in [0.5, 0.6) is 0 Å². The van der Waals surface area contributed by atoms with Crippen molar-refractivity contribution in [3.05, 3.63) is 256 Å². The number of hydrogen-bond acceptors (Lipinski definition) is 1. The van der Waals surface area contributed by atoms with Gasteiger partial charge in [0.1, 0.15) is 0 Å². The van der Waals surface area contributed by atoms with Crippen LogP contribution in [0.4, 0.5) is 5.69 Å². The first kappa shape index (κ1) is 31.1. The van der Waals surface area contributed by atoms with Gasteiger partial charge in [-0.15, -0.1) is 0 Å². The standard InChI is InChI=1S/C49H39N/c50-49-44-33-41(46(35-19-7-1-8-20-35)36-21-9-2-10-22-36)31-32-42(44)43(47(37-23-11-3-12-24-37)38-25-13-4-14-26-38)34-45(49)48(39-27-15-5-16-28-39)40-29-17-6-18-30-40/h1-34,46-48H,50H2. The summed E-state index contributed by atoms with van der Waals surface area (Å²) in [4.78, 5) is 0. The van der Waals surface area contributed by atoms with E-state index in [0.29, 0.717) is 0 Å². The predicted octanol–water partition coefficient (Wildman–Crippen LogP) is 12.0. The van der Waals surface area contributed by atoms with Crippen molar-refractivity contribution < 1.29 is 0 Å². The highest BCUT2D eigenvalue weighted by Crippen LogP contribution is 2.45. The molecule has 0 radical (unpaired) electrons. The zero-order chi connectivity index (χ0) is 33.7. The molecular formula is C49H39N. The van der Waals surface area contributed by atoms with Gasteiger partial charge in [-0.05, 0) is 61.5 Å². The van der Waals surface area contributed by atoms with Gasteiger partial charge in [-0.25, -0.2) is 0 Å². The molecule has 50 heavy (non-hydrogen) atoms. The molecule has 8 rings (SSSR count). The molecule has 1 nitrogen and oxygen atoms in total. The van der Waals surface area contributed by atoms with Crippen molar-refractivity contribution in [3.63, 3.8) is 0 Å². The first-order chi connectivity index (χ1) is 24.8. The molecule has 0 bridgehead atoms. The fourth-order valence-electron chi connectivity index (χ4n) is 7.73. The van der Waals surface area contributed by atoms with Crippen LogP contribution in [0.25, 0.3) is 10.8 Å². The number of anilines is 1. The molecule has 0 spiro atoms. The van der Waals surface area contributed by atoms with Gasteiger partial charge in [0, 0.05) is 28.8 Å². The summed E-state index contributed by atoms with van der Waals surface area (Å²) in [5.74, 6) is 0.0261. The van der Waals surface area contributed by atoms with Gasteiger partial charge in [0.2, 0.25) is 0 Å². The Kier molecular flexibility index (Phi) is 8.79. The second kappa shape index (κ2) is 14.1. The highest BCUT2D eigenvalue weighted by Gasteiger charge is 2.27. The number of fused-ring (bicyclic) bond motifs is 1. The summed E-state index contributed by atoms with van der Waals surface area (Å²) in [7, 11) is 0. The van der Waals surface area contributed by atoms with Gasteiger partial charge in [0.25, 0.3) is 0 Å².